The van der Waals surface area contributed by atoms with E-state index in [4.69, 9.17) is 5.26 Å². The average molecular weight is 152 g/mol. The van der Waals surface area contributed by atoms with Gasteiger partial charge in [-0.15, -0.1) is 0 Å². The molecule has 0 aromatic heterocycles. The highest BCUT2D eigenvalue weighted by molar-refractivity contribution is 4.95. The Morgan fingerprint density at radius 3 is 2.45 bits per heavy atom. The van der Waals surface area contributed by atoms with Crippen LogP contribution in [-0.2, 0) is 0 Å². The van der Waals surface area contributed by atoms with E-state index in [-0.39, 0.29) is 5.92 Å². The van der Waals surface area contributed by atoms with Crippen LogP contribution < -0.4 is 5.32 Å². The van der Waals surface area contributed by atoms with Crippen LogP contribution in [0.4, 0.5) is 0 Å². The van der Waals surface area contributed by atoms with Crippen molar-refractivity contribution in [3.8, 4) is 6.07 Å². The number of hydrogen-bond acceptors (Lipinski definition) is 2. The third-order valence-corrected chi connectivity index (χ3v) is 2.54. The highest BCUT2D eigenvalue weighted by atomic mass is 15.0. The van der Waals surface area contributed by atoms with E-state index in [9.17, 15) is 0 Å². The van der Waals surface area contributed by atoms with Crippen LogP contribution in [0.15, 0.2) is 0 Å². The molecule has 1 rings (SSSR count). The van der Waals surface area contributed by atoms with Crippen molar-refractivity contribution in [3.05, 3.63) is 0 Å². The molecule has 0 heterocycles. The number of hydrogen-bond donors (Lipinski definition) is 1. The molecule has 2 nitrogen and oxygen atoms in total. The van der Waals surface area contributed by atoms with Gasteiger partial charge >= 0.3 is 0 Å². The Morgan fingerprint density at radius 1 is 1.55 bits per heavy atom. The minimum absolute atomic E-state index is 0.128. The fraction of sp³-hybridized carbons (Fsp3) is 0.889. The van der Waals surface area contributed by atoms with Gasteiger partial charge in [0.2, 0.25) is 0 Å². The van der Waals surface area contributed by atoms with Gasteiger partial charge in [0.1, 0.15) is 0 Å². The molecule has 0 saturated heterocycles. The molecule has 62 valence electrons. The fourth-order valence-corrected chi connectivity index (χ4v) is 1.15. The summed E-state index contributed by atoms with van der Waals surface area (Å²) in [4.78, 5) is 0. The normalized spacial score (nSPS) is 34.0. The Morgan fingerprint density at radius 2 is 2.09 bits per heavy atom. The van der Waals surface area contributed by atoms with E-state index >= 15 is 0 Å². The molecule has 1 aliphatic carbocycles. The van der Waals surface area contributed by atoms with Gasteiger partial charge in [-0.25, -0.2) is 0 Å². The Kier molecular flexibility index (Phi) is 2.51. The lowest BCUT2D eigenvalue weighted by molar-refractivity contribution is 0.455. The van der Waals surface area contributed by atoms with E-state index in [0.717, 1.165) is 5.92 Å². The van der Waals surface area contributed by atoms with Crippen molar-refractivity contribution in [1.82, 2.24) is 5.32 Å². The van der Waals surface area contributed by atoms with Crippen molar-refractivity contribution in [2.24, 2.45) is 11.8 Å². The standard InChI is InChI=1S/C9H16N2/c1-6-4-9(6)11-8(3)7(2)5-10/h6-9,11H,4H2,1-3H3/t6-,7?,8?,9-/m1/s1. The van der Waals surface area contributed by atoms with Crippen LogP contribution in [0.3, 0.4) is 0 Å². The summed E-state index contributed by atoms with van der Waals surface area (Å²) < 4.78 is 0. The van der Waals surface area contributed by atoms with Gasteiger partial charge in [0.05, 0.1) is 12.0 Å². The summed E-state index contributed by atoms with van der Waals surface area (Å²) in [6.45, 7) is 6.28. The maximum atomic E-state index is 8.61. The first-order chi connectivity index (χ1) is 5.15. The van der Waals surface area contributed by atoms with E-state index in [1.807, 2.05) is 6.92 Å². The highest BCUT2D eigenvalue weighted by Gasteiger charge is 2.33. The summed E-state index contributed by atoms with van der Waals surface area (Å²) in [6, 6.07) is 3.27. The summed E-state index contributed by atoms with van der Waals surface area (Å²) in [5, 5.41) is 12.0. The van der Waals surface area contributed by atoms with Crippen LogP contribution in [-0.4, -0.2) is 12.1 Å². The molecule has 1 N–H and O–H groups in total. The number of nitriles is 1. The lowest BCUT2D eigenvalue weighted by Crippen LogP contribution is -2.33. The van der Waals surface area contributed by atoms with Gasteiger partial charge in [0, 0.05) is 12.1 Å². The molecular weight excluding hydrogens is 136 g/mol. The van der Waals surface area contributed by atoms with Crippen molar-refractivity contribution < 1.29 is 0 Å². The molecule has 0 aliphatic heterocycles. The molecule has 0 aromatic rings. The van der Waals surface area contributed by atoms with Gasteiger partial charge in [0.25, 0.3) is 0 Å². The first kappa shape index (κ1) is 8.55. The third-order valence-electron chi connectivity index (χ3n) is 2.54. The Hall–Kier alpha value is -0.550. The second kappa shape index (κ2) is 3.23. The van der Waals surface area contributed by atoms with Crippen molar-refractivity contribution >= 4 is 0 Å². The maximum absolute atomic E-state index is 8.61. The maximum Gasteiger partial charge on any atom is 0.0669 e. The number of nitrogens with zero attached hydrogens (tertiary/aromatic N) is 1. The third kappa shape index (κ3) is 2.20. The van der Waals surface area contributed by atoms with Crippen LogP contribution in [0.5, 0.6) is 0 Å². The van der Waals surface area contributed by atoms with E-state index in [1.54, 1.807) is 0 Å². The number of rotatable bonds is 3. The average Bonchev–Trinajstić information content (AvgIpc) is 2.65. The predicted octanol–water partition coefficient (Wildman–Crippen LogP) is 1.53. The van der Waals surface area contributed by atoms with Gasteiger partial charge in [0.15, 0.2) is 0 Å². The summed E-state index contributed by atoms with van der Waals surface area (Å²) in [6.07, 6.45) is 1.28. The molecule has 1 saturated carbocycles. The van der Waals surface area contributed by atoms with Gasteiger partial charge < -0.3 is 5.32 Å². The van der Waals surface area contributed by atoms with Gasteiger partial charge in [-0.1, -0.05) is 6.92 Å². The molecule has 0 amide bonds. The van der Waals surface area contributed by atoms with Crippen LogP contribution >= 0.6 is 0 Å². The second-order valence-electron chi connectivity index (χ2n) is 3.69. The highest BCUT2D eigenvalue weighted by Crippen LogP contribution is 2.29. The Balaban J connectivity index is 2.22. The minimum Gasteiger partial charge on any atom is -0.310 e. The zero-order valence-electron chi connectivity index (χ0n) is 7.46. The molecule has 1 aliphatic rings. The lowest BCUT2D eigenvalue weighted by Gasteiger charge is -2.14. The SMILES string of the molecule is CC(C#N)C(C)N[C@@H]1C[C@H]1C. The molecule has 0 radical (unpaired) electrons. The fourth-order valence-electron chi connectivity index (χ4n) is 1.15. The Bertz CT molecular complexity index is 171. The topological polar surface area (TPSA) is 35.8 Å². The summed E-state index contributed by atoms with van der Waals surface area (Å²) in [5.74, 6) is 0.950. The van der Waals surface area contributed by atoms with Crippen molar-refractivity contribution in [3.63, 3.8) is 0 Å². The predicted molar refractivity (Wildman–Crippen MR) is 44.9 cm³/mol. The van der Waals surface area contributed by atoms with Crippen LogP contribution in [0.25, 0.3) is 0 Å². The van der Waals surface area contributed by atoms with Crippen molar-refractivity contribution in [1.29, 1.82) is 5.26 Å². The monoisotopic (exact) mass is 152 g/mol. The summed E-state index contributed by atoms with van der Waals surface area (Å²) >= 11 is 0. The van der Waals surface area contributed by atoms with Gasteiger partial charge in [-0.2, -0.15) is 5.26 Å². The smallest absolute Gasteiger partial charge is 0.0669 e. The van der Waals surface area contributed by atoms with E-state index in [2.05, 4.69) is 25.2 Å². The Labute approximate surface area is 68.6 Å². The van der Waals surface area contributed by atoms with Gasteiger partial charge in [-0.3, -0.25) is 0 Å². The van der Waals surface area contributed by atoms with Crippen molar-refractivity contribution in [2.75, 3.05) is 0 Å². The lowest BCUT2D eigenvalue weighted by atomic mass is 10.1. The largest absolute Gasteiger partial charge is 0.310 e. The molecule has 4 atom stereocenters. The first-order valence-electron chi connectivity index (χ1n) is 4.30. The van der Waals surface area contributed by atoms with Crippen molar-refractivity contribution in [2.45, 2.75) is 39.3 Å². The van der Waals surface area contributed by atoms with E-state index < -0.39 is 0 Å². The summed E-state index contributed by atoms with van der Waals surface area (Å²) in [7, 11) is 0. The molecule has 0 aromatic carbocycles. The molecule has 0 bridgehead atoms. The minimum atomic E-state index is 0.128. The van der Waals surface area contributed by atoms with E-state index in [0.29, 0.717) is 12.1 Å². The molecule has 2 heteroatoms. The zero-order valence-corrected chi connectivity index (χ0v) is 7.46. The molecule has 11 heavy (non-hydrogen) atoms. The van der Waals surface area contributed by atoms with Gasteiger partial charge in [-0.05, 0) is 26.2 Å². The van der Waals surface area contributed by atoms with E-state index in [1.165, 1.54) is 6.42 Å². The second-order valence-corrected chi connectivity index (χ2v) is 3.69. The summed E-state index contributed by atoms with van der Waals surface area (Å²) in [5.41, 5.74) is 0. The quantitative estimate of drug-likeness (QED) is 0.665. The molecular formula is C9H16N2. The number of nitrogens with one attached hydrogen (secondary N) is 1. The van der Waals surface area contributed by atoms with Crippen LogP contribution in [0, 0.1) is 23.2 Å². The molecule has 1 fully saturated rings. The van der Waals surface area contributed by atoms with Crippen LogP contribution in [0.2, 0.25) is 0 Å². The molecule has 0 spiro atoms. The molecule has 2 unspecified atom stereocenters. The first-order valence-corrected chi connectivity index (χ1v) is 4.30. The zero-order chi connectivity index (χ0) is 8.43. The van der Waals surface area contributed by atoms with Crippen LogP contribution in [0.1, 0.15) is 27.2 Å².